The molecule has 0 aromatic heterocycles. The monoisotopic (exact) mass is 807 g/mol. The van der Waals surface area contributed by atoms with E-state index in [0.29, 0.717) is 19.3 Å². The molecule has 0 heterocycles. The van der Waals surface area contributed by atoms with E-state index in [4.69, 9.17) is 14.2 Å². The molecule has 57 heavy (non-hydrogen) atoms. The Morgan fingerprint density at radius 2 is 0.579 bits per heavy atom. The van der Waals surface area contributed by atoms with Crippen LogP contribution < -0.4 is 0 Å². The van der Waals surface area contributed by atoms with Gasteiger partial charge in [0.05, 0.1) is 0 Å². The highest BCUT2D eigenvalue weighted by atomic mass is 16.6. The van der Waals surface area contributed by atoms with E-state index in [9.17, 15) is 14.4 Å². The van der Waals surface area contributed by atoms with Gasteiger partial charge in [0.25, 0.3) is 0 Å². The molecule has 0 aliphatic carbocycles. The SMILES string of the molecule is CCCCCCCCCCCCCCCCCCC(=O)OC[C@@H](COC(=O)CCCCCCCCCCCC)OC(=O)CCCCCCCCCCCCC(C)C. The van der Waals surface area contributed by atoms with Gasteiger partial charge in [-0.05, 0) is 25.2 Å². The lowest BCUT2D eigenvalue weighted by Crippen LogP contribution is -2.30. The van der Waals surface area contributed by atoms with Crippen molar-refractivity contribution in [2.45, 2.75) is 291 Å². The maximum atomic E-state index is 12.8. The van der Waals surface area contributed by atoms with Gasteiger partial charge in [-0.3, -0.25) is 14.4 Å². The molecule has 0 aliphatic rings. The minimum absolute atomic E-state index is 0.0631. The molecule has 1 atom stereocenters. The van der Waals surface area contributed by atoms with Crippen LogP contribution in [0.25, 0.3) is 0 Å². The van der Waals surface area contributed by atoms with Crippen LogP contribution in [-0.4, -0.2) is 37.2 Å². The second-order valence-electron chi connectivity index (χ2n) is 17.9. The van der Waals surface area contributed by atoms with Gasteiger partial charge >= 0.3 is 17.9 Å². The molecule has 0 aromatic rings. The van der Waals surface area contributed by atoms with Gasteiger partial charge in [-0.25, -0.2) is 0 Å². The minimum Gasteiger partial charge on any atom is -0.462 e. The third kappa shape index (κ3) is 45.3. The first-order valence-corrected chi connectivity index (χ1v) is 25.4. The molecule has 6 nitrogen and oxygen atoms in total. The zero-order chi connectivity index (χ0) is 41.7. The molecular weight excluding hydrogens is 709 g/mol. The lowest BCUT2D eigenvalue weighted by Gasteiger charge is -2.18. The van der Waals surface area contributed by atoms with Crippen molar-refractivity contribution < 1.29 is 28.6 Å². The van der Waals surface area contributed by atoms with Crippen molar-refractivity contribution in [3.63, 3.8) is 0 Å². The molecule has 0 fully saturated rings. The van der Waals surface area contributed by atoms with Gasteiger partial charge in [0.2, 0.25) is 0 Å². The number of carbonyl (C=O) groups excluding carboxylic acids is 3. The number of hydrogen-bond donors (Lipinski definition) is 0. The van der Waals surface area contributed by atoms with Crippen molar-refractivity contribution in [3.05, 3.63) is 0 Å². The van der Waals surface area contributed by atoms with Gasteiger partial charge in [-0.15, -0.1) is 0 Å². The lowest BCUT2D eigenvalue weighted by atomic mass is 10.0. The summed E-state index contributed by atoms with van der Waals surface area (Å²) in [6.07, 6.45) is 46.6. The summed E-state index contributed by atoms with van der Waals surface area (Å²) in [7, 11) is 0. The molecular formula is C51H98O6. The zero-order valence-electron chi connectivity index (χ0n) is 38.8. The number of ether oxygens (including phenoxy) is 3. The van der Waals surface area contributed by atoms with E-state index in [-0.39, 0.29) is 31.1 Å². The lowest BCUT2D eigenvalue weighted by molar-refractivity contribution is -0.167. The molecule has 0 bridgehead atoms. The summed E-state index contributed by atoms with van der Waals surface area (Å²) in [5, 5.41) is 0. The smallest absolute Gasteiger partial charge is 0.306 e. The fourth-order valence-electron chi connectivity index (χ4n) is 7.69. The Hall–Kier alpha value is -1.59. The van der Waals surface area contributed by atoms with Crippen LogP contribution >= 0.6 is 0 Å². The summed E-state index contributed by atoms with van der Waals surface area (Å²) in [4.78, 5) is 37.8. The molecule has 0 spiro atoms. The van der Waals surface area contributed by atoms with Crippen molar-refractivity contribution in [1.82, 2.24) is 0 Å². The maximum Gasteiger partial charge on any atom is 0.306 e. The van der Waals surface area contributed by atoms with Crippen LogP contribution in [-0.2, 0) is 28.6 Å². The van der Waals surface area contributed by atoms with Crippen LogP contribution in [0.4, 0.5) is 0 Å². The Bertz CT molecular complexity index is 857. The Kier molecular flexibility index (Phi) is 44.2. The van der Waals surface area contributed by atoms with Gasteiger partial charge in [0.1, 0.15) is 13.2 Å². The molecule has 0 saturated carbocycles. The van der Waals surface area contributed by atoms with Crippen LogP contribution in [0.3, 0.4) is 0 Å². The summed E-state index contributed by atoms with van der Waals surface area (Å²) in [6.45, 7) is 9.00. The number of rotatable bonds is 46. The predicted molar refractivity (Wildman–Crippen MR) is 243 cm³/mol. The summed E-state index contributed by atoms with van der Waals surface area (Å²) in [5.74, 6) is -0.0315. The third-order valence-electron chi connectivity index (χ3n) is 11.5. The topological polar surface area (TPSA) is 78.9 Å². The van der Waals surface area contributed by atoms with Crippen LogP contribution in [0.5, 0.6) is 0 Å². The highest BCUT2D eigenvalue weighted by molar-refractivity contribution is 5.71. The number of esters is 3. The highest BCUT2D eigenvalue weighted by Gasteiger charge is 2.19. The van der Waals surface area contributed by atoms with Gasteiger partial charge in [0.15, 0.2) is 6.10 Å². The summed E-state index contributed by atoms with van der Waals surface area (Å²) >= 11 is 0. The van der Waals surface area contributed by atoms with Gasteiger partial charge in [0, 0.05) is 19.3 Å². The fourth-order valence-corrected chi connectivity index (χ4v) is 7.69. The second-order valence-corrected chi connectivity index (χ2v) is 17.9. The Labute approximate surface area is 355 Å². The average Bonchev–Trinajstić information content (AvgIpc) is 3.19. The van der Waals surface area contributed by atoms with E-state index in [2.05, 4.69) is 27.7 Å². The average molecular weight is 807 g/mol. The van der Waals surface area contributed by atoms with Crippen molar-refractivity contribution in [3.8, 4) is 0 Å². The van der Waals surface area contributed by atoms with Crippen molar-refractivity contribution >= 4 is 17.9 Å². The Balaban J connectivity index is 4.28. The highest BCUT2D eigenvalue weighted by Crippen LogP contribution is 2.17. The zero-order valence-corrected chi connectivity index (χ0v) is 38.8. The van der Waals surface area contributed by atoms with Crippen molar-refractivity contribution in [2.24, 2.45) is 5.92 Å². The first-order valence-electron chi connectivity index (χ1n) is 25.4. The summed E-state index contributed by atoms with van der Waals surface area (Å²) in [5.41, 5.74) is 0. The normalized spacial score (nSPS) is 11.9. The van der Waals surface area contributed by atoms with E-state index in [1.165, 1.54) is 180 Å². The fraction of sp³-hybridized carbons (Fsp3) is 0.941. The van der Waals surface area contributed by atoms with Crippen LogP contribution in [0.15, 0.2) is 0 Å². The number of hydrogen-bond acceptors (Lipinski definition) is 6. The van der Waals surface area contributed by atoms with E-state index in [1.54, 1.807) is 0 Å². The molecule has 0 unspecified atom stereocenters. The van der Waals surface area contributed by atoms with Gasteiger partial charge < -0.3 is 14.2 Å². The van der Waals surface area contributed by atoms with Crippen molar-refractivity contribution in [2.75, 3.05) is 13.2 Å². The molecule has 0 aliphatic heterocycles. The first kappa shape index (κ1) is 55.4. The van der Waals surface area contributed by atoms with Crippen LogP contribution in [0.2, 0.25) is 0 Å². The molecule has 6 heteroatoms. The predicted octanol–water partition coefficient (Wildman–Crippen LogP) is 16.3. The first-order chi connectivity index (χ1) is 27.9. The summed E-state index contributed by atoms with van der Waals surface area (Å²) < 4.78 is 16.8. The van der Waals surface area contributed by atoms with E-state index in [0.717, 1.165) is 63.7 Å². The molecule has 0 saturated heterocycles. The van der Waals surface area contributed by atoms with Gasteiger partial charge in [-0.2, -0.15) is 0 Å². The molecule has 0 N–H and O–H groups in total. The van der Waals surface area contributed by atoms with Crippen LogP contribution in [0.1, 0.15) is 285 Å². The standard InChI is InChI=1S/C51H98O6/c1-5-7-9-11-13-15-17-18-19-20-21-22-27-31-35-39-43-50(53)56-46-48(45-55-49(52)42-38-34-30-26-16-14-12-10-8-6-2)57-51(54)44-40-36-32-28-24-23-25-29-33-37-41-47(3)4/h47-48H,5-46H2,1-4H3/t48-/m1/s1. The third-order valence-corrected chi connectivity index (χ3v) is 11.5. The largest absolute Gasteiger partial charge is 0.462 e. The summed E-state index contributed by atoms with van der Waals surface area (Å²) in [6, 6.07) is 0. The van der Waals surface area contributed by atoms with E-state index >= 15 is 0 Å². The molecule has 338 valence electrons. The van der Waals surface area contributed by atoms with E-state index < -0.39 is 6.10 Å². The Morgan fingerprint density at radius 3 is 0.860 bits per heavy atom. The molecule has 0 aromatic carbocycles. The second kappa shape index (κ2) is 45.5. The van der Waals surface area contributed by atoms with E-state index in [1.807, 2.05) is 0 Å². The van der Waals surface area contributed by atoms with Crippen LogP contribution in [0, 0.1) is 5.92 Å². The molecule has 0 rings (SSSR count). The Morgan fingerprint density at radius 1 is 0.333 bits per heavy atom. The van der Waals surface area contributed by atoms with Gasteiger partial charge in [-0.1, -0.05) is 246 Å². The number of carbonyl (C=O) groups is 3. The minimum atomic E-state index is -0.760. The van der Waals surface area contributed by atoms with Crippen molar-refractivity contribution in [1.29, 1.82) is 0 Å². The quantitative estimate of drug-likeness (QED) is 0.0346. The molecule has 0 amide bonds. The number of unbranched alkanes of at least 4 members (excludes halogenated alkanes) is 33. The molecule has 0 radical (unpaired) electrons. The maximum absolute atomic E-state index is 12.8.